The fourth-order valence-electron chi connectivity index (χ4n) is 2.20. The number of carbonyl (C=O) groups excluding carboxylic acids is 1. The van der Waals surface area contributed by atoms with Crippen molar-refractivity contribution in [1.82, 2.24) is 4.98 Å². The van der Waals surface area contributed by atoms with Crippen LogP contribution >= 0.6 is 0 Å². The normalized spacial score (nSPS) is 10.6. The Kier molecular flexibility index (Phi) is 2.84. The number of hydrogen-bond donors (Lipinski definition) is 0. The standard InChI is InChI=1S/C17H13NO/c1-12-5-2-3-7-15(12)17(19)14-8-9-16-13(11-14)6-4-10-18-16/h2-11H,1H3. The first-order valence-electron chi connectivity index (χ1n) is 6.21. The molecule has 0 aliphatic rings. The van der Waals surface area contributed by atoms with Gasteiger partial charge in [0.15, 0.2) is 5.78 Å². The fourth-order valence-corrected chi connectivity index (χ4v) is 2.20. The number of fused-ring (bicyclic) bond motifs is 1. The highest BCUT2D eigenvalue weighted by atomic mass is 16.1. The molecule has 0 spiro atoms. The SMILES string of the molecule is Cc1ccccc1C(=O)c1ccc2ncccc2c1. The summed E-state index contributed by atoms with van der Waals surface area (Å²) in [5.41, 5.74) is 3.36. The molecule has 0 bridgehead atoms. The summed E-state index contributed by atoms with van der Waals surface area (Å²) in [5.74, 6) is 0.0591. The van der Waals surface area contributed by atoms with E-state index in [0.717, 1.165) is 22.0 Å². The molecule has 0 radical (unpaired) electrons. The average molecular weight is 247 g/mol. The molecule has 0 unspecified atom stereocenters. The summed E-state index contributed by atoms with van der Waals surface area (Å²) in [4.78, 5) is 16.8. The second kappa shape index (κ2) is 4.65. The number of aryl methyl sites for hydroxylation is 1. The Morgan fingerprint density at radius 1 is 1.00 bits per heavy atom. The molecule has 0 saturated heterocycles. The zero-order valence-corrected chi connectivity index (χ0v) is 10.6. The molecule has 0 saturated carbocycles. The molecule has 0 aliphatic heterocycles. The lowest BCUT2D eigenvalue weighted by Gasteiger charge is -2.05. The molecule has 1 aromatic heterocycles. The Hall–Kier alpha value is -2.48. The molecule has 0 fully saturated rings. The lowest BCUT2D eigenvalue weighted by molar-refractivity contribution is 0.103. The van der Waals surface area contributed by atoms with Gasteiger partial charge in [0, 0.05) is 22.7 Å². The van der Waals surface area contributed by atoms with Crippen molar-refractivity contribution in [2.24, 2.45) is 0 Å². The minimum Gasteiger partial charge on any atom is -0.289 e. The summed E-state index contributed by atoms with van der Waals surface area (Å²) >= 11 is 0. The summed E-state index contributed by atoms with van der Waals surface area (Å²) < 4.78 is 0. The highest BCUT2D eigenvalue weighted by Gasteiger charge is 2.11. The molecular weight excluding hydrogens is 234 g/mol. The van der Waals surface area contributed by atoms with E-state index in [1.54, 1.807) is 6.20 Å². The Labute approximate surface area is 111 Å². The van der Waals surface area contributed by atoms with Crippen LogP contribution in [-0.4, -0.2) is 10.8 Å². The van der Waals surface area contributed by atoms with Crippen LogP contribution in [0.4, 0.5) is 0 Å². The Balaban J connectivity index is 2.09. The van der Waals surface area contributed by atoms with Crippen LogP contribution in [0.2, 0.25) is 0 Å². The molecule has 0 N–H and O–H groups in total. The van der Waals surface area contributed by atoms with E-state index in [0.29, 0.717) is 5.56 Å². The van der Waals surface area contributed by atoms with Gasteiger partial charge in [-0.2, -0.15) is 0 Å². The van der Waals surface area contributed by atoms with Gasteiger partial charge in [-0.05, 0) is 36.8 Å². The van der Waals surface area contributed by atoms with Gasteiger partial charge in [0.1, 0.15) is 0 Å². The lowest BCUT2D eigenvalue weighted by atomic mass is 9.98. The van der Waals surface area contributed by atoms with Crippen molar-refractivity contribution in [2.75, 3.05) is 0 Å². The van der Waals surface area contributed by atoms with Gasteiger partial charge in [-0.15, -0.1) is 0 Å². The lowest BCUT2D eigenvalue weighted by Crippen LogP contribution is -2.03. The first kappa shape index (κ1) is 11.6. The molecule has 1 heterocycles. The topological polar surface area (TPSA) is 30.0 Å². The van der Waals surface area contributed by atoms with E-state index in [1.165, 1.54) is 0 Å². The van der Waals surface area contributed by atoms with E-state index in [-0.39, 0.29) is 5.78 Å². The second-order valence-electron chi connectivity index (χ2n) is 4.55. The molecule has 19 heavy (non-hydrogen) atoms. The highest BCUT2D eigenvalue weighted by Crippen LogP contribution is 2.18. The van der Waals surface area contributed by atoms with Crippen LogP contribution in [0.1, 0.15) is 21.5 Å². The zero-order valence-electron chi connectivity index (χ0n) is 10.6. The Bertz CT molecular complexity index is 762. The predicted octanol–water partition coefficient (Wildman–Crippen LogP) is 3.77. The largest absolute Gasteiger partial charge is 0.289 e. The molecule has 3 rings (SSSR count). The molecule has 92 valence electrons. The average Bonchev–Trinajstić information content (AvgIpc) is 2.46. The van der Waals surface area contributed by atoms with Crippen molar-refractivity contribution in [3.05, 3.63) is 77.5 Å². The molecule has 0 atom stereocenters. The summed E-state index contributed by atoms with van der Waals surface area (Å²) in [6, 6.07) is 17.1. The van der Waals surface area contributed by atoms with Gasteiger partial charge in [-0.3, -0.25) is 9.78 Å². The molecule has 2 nitrogen and oxygen atoms in total. The number of nitrogens with zero attached hydrogens (tertiary/aromatic N) is 1. The monoisotopic (exact) mass is 247 g/mol. The molecule has 2 heteroatoms. The van der Waals surface area contributed by atoms with E-state index in [4.69, 9.17) is 0 Å². The van der Waals surface area contributed by atoms with Crippen molar-refractivity contribution in [3.63, 3.8) is 0 Å². The van der Waals surface area contributed by atoms with Crippen LogP contribution in [0, 0.1) is 6.92 Å². The third kappa shape index (κ3) is 2.13. The minimum absolute atomic E-state index is 0.0591. The number of rotatable bonds is 2. The Morgan fingerprint density at radius 2 is 1.84 bits per heavy atom. The minimum atomic E-state index is 0.0591. The molecular formula is C17H13NO. The van der Waals surface area contributed by atoms with E-state index in [9.17, 15) is 4.79 Å². The van der Waals surface area contributed by atoms with Crippen LogP contribution in [0.3, 0.4) is 0 Å². The molecule has 2 aromatic carbocycles. The smallest absolute Gasteiger partial charge is 0.193 e. The molecule has 3 aromatic rings. The summed E-state index contributed by atoms with van der Waals surface area (Å²) in [5, 5.41) is 0.988. The van der Waals surface area contributed by atoms with Crippen LogP contribution in [-0.2, 0) is 0 Å². The van der Waals surface area contributed by atoms with Crippen molar-refractivity contribution in [1.29, 1.82) is 0 Å². The Morgan fingerprint density at radius 3 is 2.68 bits per heavy atom. The third-order valence-electron chi connectivity index (χ3n) is 3.25. The number of aromatic nitrogens is 1. The van der Waals surface area contributed by atoms with Crippen molar-refractivity contribution >= 4 is 16.7 Å². The van der Waals surface area contributed by atoms with E-state index >= 15 is 0 Å². The number of benzene rings is 2. The summed E-state index contributed by atoms with van der Waals surface area (Å²) in [7, 11) is 0. The summed E-state index contributed by atoms with van der Waals surface area (Å²) in [6.07, 6.45) is 1.76. The van der Waals surface area contributed by atoms with Crippen LogP contribution in [0.25, 0.3) is 10.9 Å². The first-order valence-corrected chi connectivity index (χ1v) is 6.21. The van der Waals surface area contributed by atoms with E-state index in [1.807, 2.05) is 61.5 Å². The van der Waals surface area contributed by atoms with Crippen LogP contribution in [0.5, 0.6) is 0 Å². The van der Waals surface area contributed by atoms with Crippen molar-refractivity contribution in [3.8, 4) is 0 Å². The first-order chi connectivity index (χ1) is 9.25. The number of ketones is 1. The van der Waals surface area contributed by atoms with Gasteiger partial charge in [0.05, 0.1) is 5.52 Å². The maximum Gasteiger partial charge on any atom is 0.193 e. The van der Waals surface area contributed by atoms with E-state index in [2.05, 4.69) is 4.98 Å². The van der Waals surface area contributed by atoms with Crippen LogP contribution < -0.4 is 0 Å². The second-order valence-corrected chi connectivity index (χ2v) is 4.55. The predicted molar refractivity (Wildman–Crippen MR) is 76.4 cm³/mol. The number of carbonyl (C=O) groups is 1. The van der Waals surface area contributed by atoms with Gasteiger partial charge in [0.2, 0.25) is 0 Å². The quantitative estimate of drug-likeness (QED) is 0.645. The van der Waals surface area contributed by atoms with Crippen LogP contribution in [0.15, 0.2) is 60.8 Å². The van der Waals surface area contributed by atoms with Crippen molar-refractivity contribution in [2.45, 2.75) is 6.92 Å². The van der Waals surface area contributed by atoms with Gasteiger partial charge in [-0.25, -0.2) is 0 Å². The van der Waals surface area contributed by atoms with Crippen molar-refractivity contribution < 1.29 is 4.79 Å². The van der Waals surface area contributed by atoms with Gasteiger partial charge >= 0.3 is 0 Å². The number of pyridine rings is 1. The van der Waals surface area contributed by atoms with Gasteiger partial charge < -0.3 is 0 Å². The maximum atomic E-state index is 12.5. The van der Waals surface area contributed by atoms with E-state index < -0.39 is 0 Å². The highest BCUT2D eigenvalue weighted by molar-refractivity contribution is 6.11. The molecule has 0 amide bonds. The zero-order chi connectivity index (χ0) is 13.2. The van der Waals surface area contributed by atoms with Gasteiger partial charge in [-0.1, -0.05) is 30.3 Å². The fraction of sp³-hybridized carbons (Fsp3) is 0.0588. The molecule has 0 aliphatic carbocycles. The third-order valence-corrected chi connectivity index (χ3v) is 3.25. The van der Waals surface area contributed by atoms with Gasteiger partial charge in [0.25, 0.3) is 0 Å². The maximum absolute atomic E-state index is 12.5. The number of hydrogen-bond acceptors (Lipinski definition) is 2. The summed E-state index contributed by atoms with van der Waals surface area (Å²) in [6.45, 7) is 1.95.